The SMILES string of the molecule is CCC[C@H]1C/C(=N\NC(N)=O)[C@@H](NNC(N)=O)[C@@H](C)C1. The van der Waals surface area contributed by atoms with Crippen LogP contribution in [0.5, 0.6) is 0 Å². The van der Waals surface area contributed by atoms with Crippen molar-refractivity contribution < 1.29 is 9.59 Å². The van der Waals surface area contributed by atoms with Crippen molar-refractivity contribution in [3.05, 3.63) is 0 Å². The van der Waals surface area contributed by atoms with Gasteiger partial charge in [-0.2, -0.15) is 5.10 Å². The third kappa shape index (κ3) is 5.04. The van der Waals surface area contributed by atoms with Crippen molar-refractivity contribution in [1.29, 1.82) is 0 Å². The summed E-state index contributed by atoms with van der Waals surface area (Å²) in [6.07, 6.45) is 4.00. The highest BCUT2D eigenvalue weighted by molar-refractivity contribution is 5.92. The lowest BCUT2D eigenvalue weighted by atomic mass is 9.76. The number of carbonyl (C=O) groups excluding carboxylic acids is 2. The quantitative estimate of drug-likeness (QED) is 0.467. The van der Waals surface area contributed by atoms with Crippen molar-refractivity contribution >= 4 is 17.8 Å². The molecule has 8 heteroatoms. The molecule has 1 aliphatic rings. The number of carbonyl (C=O) groups is 2. The first kappa shape index (κ1) is 16.2. The molecule has 0 unspecified atom stereocenters. The van der Waals surface area contributed by atoms with E-state index in [9.17, 15) is 9.59 Å². The van der Waals surface area contributed by atoms with Gasteiger partial charge in [0.05, 0.1) is 11.8 Å². The molecule has 20 heavy (non-hydrogen) atoms. The molecule has 1 rings (SSSR count). The van der Waals surface area contributed by atoms with Gasteiger partial charge in [-0.25, -0.2) is 20.4 Å². The number of primary amides is 2. The van der Waals surface area contributed by atoms with Gasteiger partial charge in [-0.3, -0.25) is 5.43 Å². The van der Waals surface area contributed by atoms with Gasteiger partial charge in [0.15, 0.2) is 0 Å². The maximum absolute atomic E-state index is 10.8. The van der Waals surface area contributed by atoms with Gasteiger partial charge in [0, 0.05) is 0 Å². The second kappa shape index (κ2) is 7.68. The summed E-state index contributed by atoms with van der Waals surface area (Å²) < 4.78 is 0. The van der Waals surface area contributed by atoms with E-state index in [0.29, 0.717) is 5.92 Å². The van der Waals surface area contributed by atoms with Crippen LogP contribution >= 0.6 is 0 Å². The van der Waals surface area contributed by atoms with E-state index < -0.39 is 12.1 Å². The molecule has 1 aliphatic carbocycles. The van der Waals surface area contributed by atoms with E-state index in [4.69, 9.17) is 11.5 Å². The van der Waals surface area contributed by atoms with Gasteiger partial charge in [-0.05, 0) is 24.7 Å². The zero-order valence-corrected chi connectivity index (χ0v) is 12.0. The fraction of sp³-hybridized carbons (Fsp3) is 0.750. The molecular weight excluding hydrogens is 260 g/mol. The zero-order chi connectivity index (χ0) is 15.1. The van der Waals surface area contributed by atoms with Gasteiger partial charge in [0.2, 0.25) is 0 Å². The smallest absolute Gasteiger partial charge is 0.332 e. The van der Waals surface area contributed by atoms with Crippen LogP contribution in [0.15, 0.2) is 5.10 Å². The Morgan fingerprint density at radius 2 is 2.05 bits per heavy atom. The molecule has 114 valence electrons. The molecule has 0 aromatic carbocycles. The predicted octanol–water partition coefficient (Wildman–Crippen LogP) is 0.398. The van der Waals surface area contributed by atoms with Crippen LogP contribution in [0.3, 0.4) is 0 Å². The summed E-state index contributed by atoms with van der Waals surface area (Å²) in [7, 11) is 0. The first-order valence-corrected chi connectivity index (χ1v) is 6.86. The van der Waals surface area contributed by atoms with Gasteiger partial charge >= 0.3 is 12.1 Å². The first-order chi connectivity index (χ1) is 9.43. The molecule has 7 N–H and O–H groups in total. The van der Waals surface area contributed by atoms with Crippen molar-refractivity contribution in [1.82, 2.24) is 16.3 Å². The Balaban J connectivity index is 2.78. The minimum atomic E-state index is -0.704. The Kier molecular flexibility index (Phi) is 6.23. The fourth-order valence-electron chi connectivity index (χ4n) is 2.74. The second-order valence-electron chi connectivity index (χ2n) is 5.26. The van der Waals surface area contributed by atoms with E-state index in [1.54, 1.807) is 0 Å². The molecule has 0 bridgehead atoms. The molecule has 8 nitrogen and oxygen atoms in total. The van der Waals surface area contributed by atoms with Crippen molar-refractivity contribution in [2.45, 2.75) is 45.6 Å². The highest BCUT2D eigenvalue weighted by Crippen LogP contribution is 2.30. The minimum absolute atomic E-state index is 0.164. The average Bonchev–Trinajstić information content (AvgIpc) is 2.35. The Hall–Kier alpha value is -1.83. The summed E-state index contributed by atoms with van der Waals surface area (Å²) in [5.41, 5.74) is 18.4. The van der Waals surface area contributed by atoms with Gasteiger partial charge in [-0.1, -0.05) is 26.7 Å². The molecule has 3 atom stereocenters. The molecule has 0 aromatic heterocycles. The van der Waals surface area contributed by atoms with E-state index in [0.717, 1.165) is 31.4 Å². The third-order valence-corrected chi connectivity index (χ3v) is 3.49. The van der Waals surface area contributed by atoms with E-state index in [2.05, 4.69) is 35.2 Å². The zero-order valence-electron chi connectivity index (χ0n) is 12.0. The van der Waals surface area contributed by atoms with Gasteiger partial charge in [0.25, 0.3) is 0 Å². The molecule has 0 aliphatic heterocycles. The largest absolute Gasteiger partial charge is 0.351 e. The summed E-state index contributed by atoms with van der Waals surface area (Å²) in [6.45, 7) is 4.21. The maximum atomic E-state index is 10.8. The summed E-state index contributed by atoms with van der Waals surface area (Å²) in [5, 5.41) is 4.06. The van der Waals surface area contributed by atoms with E-state index in [1.807, 2.05) is 0 Å². The summed E-state index contributed by atoms with van der Waals surface area (Å²) >= 11 is 0. The Morgan fingerprint density at radius 3 is 2.60 bits per heavy atom. The monoisotopic (exact) mass is 284 g/mol. The van der Waals surface area contributed by atoms with Crippen LogP contribution in [-0.2, 0) is 0 Å². The number of hydrogen-bond acceptors (Lipinski definition) is 4. The number of nitrogens with two attached hydrogens (primary N) is 2. The summed E-state index contributed by atoms with van der Waals surface area (Å²) in [6, 6.07) is -1.53. The molecule has 4 amide bonds. The summed E-state index contributed by atoms with van der Waals surface area (Å²) in [4.78, 5) is 21.6. The third-order valence-electron chi connectivity index (χ3n) is 3.49. The number of nitrogens with one attached hydrogen (secondary N) is 3. The van der Waals surface area contributed by atoms with Gasteiger partial charge < -0.3 is 11.5 Å². The molecule has 0 saturated heterocycles. The second-order valence-corrected chi connectivity index (χ2v) is 5.26. The van der Waals surface area contributed by atoms with Crippen molar-refractivity contribution in [2.24, 2.45) is 28.4 Å². The van der Waals surface area contributed by atoms with Crippen LogP contribution in [0, 0.1) is 11.8 Å². The number of hydrazone groups is 1. The van der Waals surface area contributed by atoms with Crippen molar-refractivity contribution in [2.75, 3.05) is 0 Å². The van der Waals surface area contributed by atoms with Crippen LogP contribution < -0.4 is 27.7 Å². The maximum Gasteiger partial charge on any atom is 0.332 e. The van der Waals surface area contributed by atoms with Crippen LogP contribution in [-0.4, -0.2) is 23.8 Å². The fourth-order valence-corrected chi connectivity index (χ4v) is 2.74. The Morgan fingerprint density at radius 1 is 1.35 bits per heavy atom. The van der Waals surface area contributed by atoms with Crippen molar-refractivity contribution in [3.8, 4) is 0 Å². The first-order valence-electron chi connectivity index (χ1n) is 6.86. The van der Waals surface area contributed by atoms with E-state index >= 15 is 0 Å². The van der Waals surface area contributed by atoms with E-state index in [-0.39, 0.29) is 12.0 Å². The van der Waals surface area contributed by atoms with Crippen molar-refractivity contribution in [3.63, 3.8) is 0 Å². The predicted molar refractivity (Wildman–Crippen MR) is 76.6 cm³/mol. The van der Waals surface area contributed by atoms with Crippen LogP contribution in [0.25, 0.3) is 0 Å². The topological polar surface area (TPSA) is 135 Å². The van der Waals surface area contributed by atoms with Crippen LogP contribution in [0.2, 0.25) is 0 Å². The number of amides is 4. The molecule has 0 radical (unpaired) electrons. The lowest BCUT2D eigenvalue weighted by molar-refractivity contribution is 0.235. The average molecular weight is 284 g/mol. The molecule has 0 aromatic rings. The van der Waals surface area contributed by atoms with Crippen LogP contribution in [0.4, 0.5) is 9.59 Å². The standard InChI is InChI=1S/C12H24N6O2/c1-3-4-8-5-7(2)10(16-18-12(14)20)9(6-8)15-17-11(13)19/h7-8,10,16H,3-6H2,1-2H3,(H3,13,17,19)(H3,14,18,20)/b15-9+/t7-,8+,10-/m0/s1. The van der Waals surface area contributed by atoms with Gasteiger partial charge in [-0.15, -0.1) is 0 Å². The number of rotatable bonds is 5. The lowest BCUT2D eigenvalue weighted by Crippen LogP contribution is -2.55. The van der Waals surface area contributed by atoms with E-state index in [1.165, 1.54) is 0 Å². The number of urea groups is 2. The molecule has 0 heterocycles. The molecule has 1 fully saturated rings. The Labute approximate surface area is 118 Å². The summed E-state index contributed by atoms with van der Waals surface area (Å²) in [5.74, 6) is 0.788. The normalized spacial score (nSPS) is 28.1. The number of hydrogen-bond donors (Lipinski definition) is 5. The van der Waals surface area contributed by atoms with Crippen LogP contribution in [0.1, 0.15) is 39.5 Å². The molecular formula is C12H24N6O2. The van der Waals surface area contributed by atoms with Gasteiger partial charge in [0.1, 0.15) is 0 Å². The number of nitrogens with zero attached hydrogens (tertiary/aromatic N) is 1. The Bertz CT molecular complexity index is 384. The highest BCUT2D eigenvalue weighted by Gasteiger charge is 2.32. The highest BCUT2D eigenvalue weighted by atomic mass is 16.2. The molecule has 1 saturated carbocycles. The molecule has 0 spiro atoms. The lowest BCUT2D eigenvalue weighted by Gasteiger charge is -2.35. The minimum Gasteiger partial charge on any atom is -0.351 e. The number of hydrazine groups is 1.